The van der Waals surface area contributed by atoms with Gasteiger partial charge in [0.2, 0.25) is 0 Å². The Morgan fingerprint density at radius 3 is 3.05 bits per heavy atom. The van der Waals surface area contributed by atoms with E-state index >= 15 is 0 Å². The van der Waals surface area contributed by atoms with Gasteiger partial charge in [-0.15, -0.1) is 11.3 Å². The van der Waals surface area contributed by atoms with Gasteiger partial charge in [-0.1, -0.05) is 6.07 Å². The Bertz CT molecular complexity index is 707. The zero-order valence-electron chi connectivity index (χ0n) is 9.72. The van der Waals surface area contributed by atoms with Crippen LogP contribution < -0.4 is 5.32 Å². The highest BCUT2D eigenvalue weighted by Crippen LogP contribution is 2.23. The molecule has 0 saturated heterocycles. The summed E-state index contributed by atoms with van der Waals surface area (Å²) in [6, 6.07) is 6.27. The van der Waals surface area contributed by atoms with E-state index in [2.05, 4.69) is 15.4 Å². The molecule has 0 amide bonds. The molecule has 19 heavy (non-hydrogen) atoms. The standard InChI is InChI=1S/C12H10N4O2S/c17-12(18)11(8-2-1-7-19-8)15-9-4-6-16-10(14-9)3-5-13-16/h1-7,11H,(H,14,15)(H,17,18). The van der Waals surface area contributed by atoms with Gasteiger partial charge in [0.05, 0.1) is 6.20 Å². The maximum absolute atomic E-state index is 11.3. The van der Waals surface area contributed by atoms with Gasteiger partial charge in [0.1, 0.15) is 5.82 Å². The fourth-order valence-corrected chi connectivity index (χ4v) is 2.52. The largest absolute Gasteiger partial charge is 0.479 e. The number of carbonyl (C=O) groups is 1. The Labute approximate surface area is 112 Å². The van der Waals surface area contributed by atoms with Gasteiger partial charge in [-0.3, -0.25) is 0 Å². The van der Waals surface area contributed by atoms with E-state index in [0.29, 0.717) is 11.5 Å². The number of aromatic nitrogens is 3. The maximum Gasteiger partial charge on any atom is 0.331 e. The lowest BCUT2D eigenvalue weighted by Gasteiger charge is -2.13. The third kappa shape index (κ3) is 2.27. The number of rotatable bonds is 4. The molecule has 1 unspecified atom stereocenters. The molecule has 3 heterocycles. The molecular weight excluding hydrogens is 264 g/mol. The minimum atomic E-state index is -0.933. The first-order valence-electron chi connectivity index (χ1n) is 5.57. The summed E-state index contributed by atoms with van der Waals surface area (Å²) in [4.78, 5) is 16.4. The summed E-state index contributed by atoms with van der Waals surface area (Å²) in [5, 5.41) is 18.1. The lowest BCUT2D eigenvalue weighted by atomic mass is 10.2. The van der Waals surface area contributed by atoms with Crippen molar-refractivity contribution in [3.8, 4) is 0 Å². The maximum atomic E-state index is 11.3. The molecule has 3 rings (SSSR count). The summed E-state index contributed by atoms with van der Waals surface area (Å²) in [7, 11) is 0. The van der Waals surface area contributed by atoms with Crippen LogP contribution in [-0.2, 0) is 4.79 Å². The number of nitrogens with one attached hydrogen (secondary N) is 1. The highest BCUT2D eigenvalue weighted by atomic mass is 32.1. The zero-order chi connectivity index (χ0) is 13.2. The highest BCUT2D eigenvalue weighted by molar-refractivity contribution is 7.10. The van der Waals surface area contributed by atoms with Crippen molar-refractivity contribution in [2.45, 2.75) is 6.04 Å². The lowest BCUT2D eigenvalue weighted by Crippen LogP contribution is -2.20. The molecule has 3 aromatic rings. The fraction of sp³-hybridized carbons (Fsp3) is 0.0833. The Balaban J connectivity index is 1.91. The van der Waals surface area contributed by atoms with Gasteiger partial charge in [-0.25, -0.2) is 14.3 Å². The normalized spacial score (nSPS) is 12.4. The number of hydrogen-bond acceptors (Lipinski definition) is 5. The van der Waals surface area contributed by atoms with Crippen molar-refractivity contribution in [2.75, 3.05) is 5.32 Å². The molecule has 0 saturated carbocycles. The predicted octanol–water partition coefficient (Wildman–Crippen LogP) is 2.03. The number of carboxylic acid groups (broad SMARTS) is 1. The van der Waals surface area contributed by atoms with E-state index in [9.17, 15) is 9.90 Å². The van der Waals surface area contributed by atoms with Gasteiger partial charge in [0.15, 0.2) is 11.7 Å². The lowest BCUT2D eigenvalue weighted by molar-refractivity contribution is -0.138. The summed E-state index contributed by atoms with van der Waals surface area (Å²) in [6.07, 6.45) is 3.37. The number of hydrogen-bond donors (Lipinski definition) is 2. The van der Waals surface area contributed by atoms with E-state index in [0.717, 1.165) is 4.88 Å². The monoisotopic (exact) mass is 274 g/mol. The molecule has 3 aromatic heterocycles. The molecule has 0 fully saturated rings. The van der Waals surface area contributed by atoms with Crippen LogP contribution in [0.25, 0.3) is 5.65 Å². The van der Waals surface area contributed by atoms with E-state index in [-0.39, 0.29) is 0 Å². The first-order chi connectivity index (χ1) is 9.24. The van der Waals surface area contributed by atoms with E-state index in [4.69, 9.17) is 0 Å². The molecule has 0 aliphatic carbocycles. The molecule has 0 aromatic carbocycles. The van der Waals surface area contributed by atoms with Crippen LogP contribution in [0.1, 0.15) is 10.9 Å². The molecule has 0 aliphatic rings. The molecule has 0 radical (unpaired) electrons. The third-order valence-electron chi connectivity index (χ3n) is 2.62. The first kappa shape index (κ1) is 11.7. The second-order valence-electron chi connectivity index (χ2n) is 3.88. The van der Waals surface area contributed by atoms with Crippen LogP contribution in [-0.4, -0.2) is 25.7 Å². The highest BCUT2D eigenvalue weighted by Gasteiger charge is 2.21. The average molecular weight is 274 g/mol. The van der Waals surface area contributed by atoms with Crippen molar-refractivity contribution in [1.29, 1.82) is 0 Å². The number of anilines is 1. The van der Waals surface area contributed by atoms with E-state index in [1.165, 1.54) is 11.3 Å². The van der Waals surface area contributed by atoms with Gasteiger partial charge in [-0.2, -0.15) is 5.10 Å². The smallest absolute Gasteiger partial charge is 0.331 e. The van der Waals surface area contributed by atoms with Crippen LogP contribution in [0.15, 0.2) is 42.0 Å². The first-order valence-corrected chi connectivity index (χ1v) is 6.45. The number of thiophene rings is 1. The third-order valence-corrected chi connectivity index (χ3v) is 3.56. The number of nitrogens with zero attached hydrogens (tertiary/aromatic N) is 3. The van der Waals surface area contributed by atoms with Gasteiger partial charge in [-0.05, 0) is 17.5 Å². The Kier molecular flexibility index (Phi) is 2.88. The molecule has 0 spiro atoms. The molecule has 1 atom stereocenters. The number of fused-ring (bicyclic) bond motifs is 1. The SMILES string of the molecule is O=C(O)C(Nc1ccn2nccc2n1)c1cccs1. The van der Waals surface area contributed by atoms with Crippen LogP contribution in [0.2, 0.25) is 0 Å². The molecule has 2 N–H and O–H groups in total. The summed E-state index contributed by atoms with van der Waals surface area (Å²) < 4.78 is 1.62. The van der Waals surface area contributed by atoms with Crippen LogP contribution in [0.5, 0.6) is 0 Å². The zero-order valence-corrected chi connectivity index (χ0v) is 10.5. The molecule has 6 nitrogen and oxygen atoms in total. The number of carboxylic acids is 1. The van der Waals surface area contributed by atoms with Crippen molar-refractivity contribution in [2.24, 2.45) is 0 Å². The van der Waals surface area contributed by atoms with E-state index < -0.39 is 12.0 Å². The van der Waals surface area contributed by atoms with Gasteiger partial charge >= 0.3 is 5.97 Å². The second kappa shape index (κ2) is 4.69. The molecule has 0 aliphatic heterocycles. The summed E-state index contributed by atoms with van der Waals surface area (Å²) in [5.74, 6) is -0.425. The molecular formula is C12H10N4O2S. The summed E-state index contributed by atoms with van der Waals surface area (Å²) >= 11 is 1.40. The minimum Gasteiger partial charge on any atom is -0.479 e. The van der Waals surface area contributed by atoms with E-state index in [1.807, 2.05) is 11.4 Å². The Morgan fingerprint density at radius 1 is 1.42 bits per heavy atom. The van der Waals surface area contributed by atoms with Crippen molar-refractivity contribution in [1.82, 2.24) is 14.6 Å². The fourth-order valence-electron chi connectivity index (χ4n) is 1.75. The number of aliphatic carboxylic acids is 1. The quantitative estimate of drug-likeness (QED) is 0.761. The van der Waals surface area contributed by atoms with Crippen LogP contribution in [0, 0.1) is 0 Å². The van der Waals surface area contributed by atoms with E-state index in [1.54, 1.807) is 35.1 Å². The van der Waals surface area contributed by atoms with Gasteiger partial charge in [0, 0.05) is 17.1 Å². The van der Waals surface area contributed by atoms with Crippen molar-refractivity contribution >= 4 is 28.8 Å². The van der Waals surface area contributed by atoms with Crippen LogP contribution in [0.4, 0.5) is 5.82 Å². The van der Waals surface area contributed by atoms with Crippen molar-refractivity contribution in [3.63, 3.8) is 0 Å². The minimum absolute atomic E-state index is 0.508. The molecule has 96 valence electrons. The second-order valence-corrected chi connectivity index (χ2v) is 4.86. The summed E-state index contributed by atoms with van der Waals surface area (Å²) in [5.41, 5.74) is 0.667. The van der Waals surface area contributed by atoms with Gasteiger partial charge < -0.3 is 10.4 Å². The summed E-state index contributed by atoms with van der Waals surface area (Å²) in [6.45, 7) is 0. The van der Waals surface area contributed by atoms with Crippen molar-refractivity contribution in [3.05, 3.63) is 46.9 Å². The molecule has 7 heteroatoms. The Hall–Kier alpha value is -2.41. The van der Waals surface area contributed by atoms with Crippen LogP contribution in [0.3, 0.4) is 0 Å². The van der Waals surface area contributed by atoms with Gasteiger partial charge in [0.25, 0.3) is 0 Å². The predicted molar refractivity (Wildman–Crippen MR) is 71.3 cm³/mol. The van der Waals surface area contributed by atoms with Crippen LogP contribution >= 0.6 is 11.3 Å². The molecule has 0 bridgehead atoms. The Morgan fingerprint density at radius 2 is 2.32 bits per heavy atom. The average Bonchev–Trinajstić information content (AvgIpc) is 3.06. The topological polar surface area (TPSA) is 79.5 Å². The van der Waals surface area contributed by atoms with Crippen molar-refractivity contribution < 1.29 is 9.90 Å².